The zero-order valence-corrected chi connectivity index (χ0v) is 16.0. The summed E-state index contributed by atoms with van der Waals surface area (Å²) in [6.45, 7) is 0.758. The van der Waals surface area contributed by atoms with Gasteiger partial charge in [-0.05, 0) is 66.4 Å². The molecule has 1 fully saturated rings. The predicted octanol–water partition coefficient (Wildman–Crippen LogP) is 6.08. The monoisotopic (exact) mass is 387 g/mol. The lowest BCUT2D eigenvalue weighted by molar-refractivity contribution is -0.0365. The molecule has 0 bridgehead atoms. The van der Waals surface area contributed by atoms with Gasteiger partial charge in [-0.25, -0.2) is 4.68 Å². The summed E-state index contributed by atoms with van der Waals surface area (Å²) in [7, 11) is 0. The van der Waals surface area contributed by atoms with Crippen LogP contribution in [0.25, 0.3) is 32.9 Å². The lowest BCUT2D eigenvalue weighted by atomic mass is 10.0. The Bertz CT molecular complexity index is 1230. The van der Waals surface area contributed by atoms with Crippen molar-refractivity contribution in [2.75, 3.05) is 6.61 Å². The summed E-state index contributed by atoms with van der Waals surface area (Å²) in [5.41, 5.74) is 3.52. The quantitative estimate of drug-likeness (QED) is 0.418. The molecule has 1 aliphatic heterocycles. The van der Waals surface area contributed by atoms with Crippen molar-refractivity contribution >= 4 is 33.3 Å². The second-order valence-electron chi connectivity index (χ2n) is 7.16. The highest BCUT2D eigenvalue weighted by Crippen LogP contribution is 2.34. The van der Waals surface area contributed by atoms with E-state index in [-0.39, 0.29) is 6.23 Å². The first-order chi connectivity index (χ1) is 13.7. The van der Waals surface area contributed by atoms with Gasteiger partial charge < -0.3 is 4.74 Å². The number of hydrogen-bond donors (Lipinski definition) is 0. The summed E-state index contributed by atoms with van der Waals surface area (Å²) in [4.78, 5) is 0. The van der Waals surface area contributed by atoms with Gasteiger partial charge in [-0.15, -0.1) is 0 Å². The number of aromatic nitrogens is 2. The van der Waals surface area contributed by atoms with Crippen LogP contribution in [0.5, 0.6) is 0 Å². The second-order valence-corrected chi connectivity index (χ2v) is 7.60. The molecule has 0 saturated carbocycles. The third-order valence-electron chi connectivity index (χ3n) is 5.34. The van der Waals surface area contributed by atoms with Gasteiger partial charge >= 0.3 is 0 Å². The zero-order valence-electron chi connectivity index (χ0n) is 15.2. The summed E-state index contributed by atoms with van der Waals surface area (Å²) in [5.74, 6) is 0. The molecule has 4 nitrogen and oxygen atoms in total. The summed E-state index contributed by atoms with van der Waals surface area (Å²) >= 11 is 6.12. The Morgan fingerprint density at radius 2 is 1.89 bits per heavy atom. The third kappa shape index (κ3) is 2.93. The molecule has 1 unspecified atom stereocenters. The number of rotatable bonds is 2. The van der Waals surface area contributed by atoms with Crippen LogP contribution in [0.15, 0.2) is 54.6 Å². The topological polar surface area (TPSA) is 50.8 Å². The Balaban J connectivity index is 1.71. The Hall–Kier alpha value is -2.87. The summed E-state index contributed by atoms with van der Waals surface area (Å²) in [6, 6.07) is 20.1. The van der Waals surface area contributed by atoms with Crippen molar-refractivity contribution in [3.63, 3.8) is 0 Å². The molecule has 1 atom stereocenters. The van der Waals surface area contributed by atoms with Crippen molar-refractivity contribution in [1.29, 1.82) is 5.26 Å². The van der Waals surface area contributed by atoms with Crippen LogP contribution in [0.1, 0.15) is 31.1 Å². The highest BCUT2D eigenvalue weighted by atomic mass is 35.5. The van der Waals surface area contributed by atoms with Crippen LogP contribution in [0, 0.1) is 11.3 Å². The Labute approximate surface area is 167 Å². The molecule has 28 heavy (non-hydrogen) atoms. The predicted molar refractivity (Wildman–Crippen MR) is 111 cm³/mol. The SMILES string of the molecule is N#Cc1ccc2c(c1)c(-c1ccc3cc(Cl)ccc3c1)nn2C1CCCCO1. The molecule has 1 aromatic heterocycles. The van der Waals surface area contributed by atoms with Gasteiger partial charge in [0.15, 0.2) is 6.23 Å². The van der Waals surface area contributed by atoms with E-state index in [1.54, 1.807) is 0 Å². The lowest BCUT2D eigenvalue weighted by Crippen LogP contribution is -2.19. The van der Waals surface area contributed by atoms with Crippen LogP contribution in [0.4, 0.5) is 0 Å². The van der Waals surface area contributed by atoms with Gasteiger partial charge in [-0.1, -0.05) is 29.8 Å². The minimum Gasteiger partial charge on any atom is -0.356 e. The van der Waals surface area contributed by atoms with Crippen molar-refractivity contribution in [1.82, 2.24) is 9.78 Å². The minimum absolute atomic E-state index is 0.0581. The second kappa shape index (κ2) is 6.94. The van der Waals surface area contributed by atoms with E-state index in [0.717, 1.165) is 63.8 Å². The van der Waals surface area contributed by atoms with Gasteiger partial charge in [0.05, 0.1) is 17.1 Å². The molecule has 0 aliphatic carbocycles. The zero-order chi connectivity index (χ0) is 19.1. The van der Waals surface area contributed by atoms with Crippen LogP contribution >= 0.6 is 11.6 Å². The summed E-state index contributed by atoms with van der Waals surface area (Å²) in [6.07, 6.45) is 3.12. The van der Waals surface area contributed by atoms with Crippen LogP contribution in [-0.4, -0.2) is 16.4 Å². The number of benzene rings is 3. The molecule has 0 amide bonds. The maximum absolute atomic E-state index is 9.37. The van der Waals surface area contributed by atoms with E-state index in [2.05, 4.69) is 24.3 Å². The van der Waals surface area contributed by atoms with Gasteiger partial charge in [0.25, 0.3) is 0 Å². The molecule has 0 radical (unpaired) electrons. The minimum atomic E-state index is -0.0581. The maximum atomic E-state index is 9.37. The maximum Gasteiger partial charge on any atom is 0.150 e. The van der Waals surface area contributed by atoms with Crippen molar-refractivity contribution in [2.24, 2.45) is 0 Å². The molecule has 0 N–H and O–H groups in total. The number of halogens is 1. The summed E-state index contributed by atoms with van der Waals surface area (Å²) < 4.78 is 7.97. The van der Waals surface area contributed by atoms with Crippen molar-refractivity contribution < 1.29 is 4.74 Å². The fraction of sp³-hybridized carbons (Fsp3) is 0.217. The van der Waals surface area contributed by atoms with Gasteiger partial charge in [-0.2, -0.15) is 10.4 Å². The van der Waals surface area contributed by atoms with Crippen LogP contribution < -0.4 is 0 Å². The molecule has 5 rings (SSSR count). The Morgan fingerprint density at radius 3 is 2.71 bits per heavy atom. The first-order valence-corrected chi connectivity index (χ1v) is 9.84. The molecular weight excluding hydrogens is 370 g/mol. The van der Waals surface area contributed by atoms with Gasteiger partial charge in [0.1, 0.15) is 5.69 Å². The molecule has 2 heterocycles. The van der Waals surface area contributed by atoms with E-state index >= 15 is 0 Å². The number of hydrogen-bond acceptors (Lipinski definition) is 3. The van der Waals surface area contributed by atoms with Crippen LogP contribution in [0.2, 0.25) is 5.02 Å². The highest BCUT2D eigenvalue weighted by Gasteiger charge is 2.22. The van der Waals surface area contributed by atoms with Crippen LogP contribution in [-0.2, 0) is 4.74 Å². The van der Waals surface area contributed by atoms with Crippen molar-refractivity contribution in [3.8, 4) is 17.3 Å². The van der Waals surface area contributed by atoms with Crippen molar-refractivity contribution in [2.45, 2.75) is 25.5 Å². The average molecular weight is 388 g/mol. The fourth-order valence-electron chi connectivity index (χ4n) is 3.92. The third-order valence-corrected chi connectivity index (χ3v) is 5.57. The molecule has 4 aromatic rings. The standard InChI is InChI=1S/C23H18ClN3O/c24-19-8-7-16-12-18(6-5-17(16)13-19)23-20-11-15(14-25)4-9-21(20)27(26-23)22-3-1-2-10-28-22/h4-9,11-13,22H,1-3,10H2. The average Bonchev–Trinajstić information content (AvgIpc) is 3.12. The normalized spacial score (nSPS) is 17.1. The van der Waals surface area contributed by atoms with E-state index in [4.69, 9.17) is 21.4 Å². The van der Waals surface area contributed by atoms with E-state index in [0.29, 0.717) is 5.56 Å². The largest absolute Gasteiger partial charge is 0.356 e. The Kier molecular flexibility index (Phi) is 4.27. The van der Waals surface area contributed by atoms with E-state index in [9.17, 15) is 5.26 Å². The highest BCUT2D eigenvalue weighted by molar-refractivity contribution is 6.31. The summed E-state index contributed by atoms with van der Waals surface area (Å²) in [5, 5.41) is 18.2. The van der Waals surface area contributed by atoms with Crippen molar-refractivity contribution in [3.05, 3.63) is 65.2 Å². The van der Waals surface area contributed by atoms with Crippen LogP contribution in [0.3, 0.4) is 0 Å². The molecule has 0 spiro atoms. The number of nitriles is 1. The molecule has 1 aliphatic rings. The van der Waals surface area contributed by atoms with Gasteiger partial charge in [-0.3, -0.25) is 0 Å². The van der Waals surface area contributed by atoms with Gasteiger partial charge in [0, 0.05) is 22.6 Å². The molecule has 1 saturated heterocycles. The van der Waals surface area contributed by atoms with Gasteiger partial charge in [0.2, 0.25) is 0 Å². The Morgan fingerprint density at radius 1 is 1.04 bits per heavy atom. The molecule has 5 heteroatoms. The molecule has 138 valence electrons. The lowest BCUT2D eigenvalue weighted by Gasteiger charge is -2.23. The van der Waals surface area contributed by atoms with E-state index in [1.165, 1.54) is 0 Å². The first-order valence-electron chi connectivity index (χ1n) is 9.46. The fourth-order valence-corrected chi connectivity index (χ4v) is 4.10. The number of ether oxygens (including phenoxy) is 1. The smallest absolute Gasteiger partial charge is 0.150 e. The van der Waals surface area contributed by atoms with E-state index < -0.39 is 0 Å². The molecular formula is C23H18ClN3O. The van der Waals surface area contributed by atoms with E-state index in [1.807, 2.05) is 41.1 Å². The number of fused-ring (bicyclic) bond motifs is 2. The molecule has 3 aromatic carbocycles. The first kappa shape index (κ1) is 17.2. The number of nitrogens with zero attached hydrogens (tertiary/aromatic N) is 3.